The number of hydrogen-bond acceptors (Lipinski definition) is 7. The summed E-state index contributed by atoms with van der Waals surface area (Å²) in [4.78, 5) is 0. The first-order valence-corrected chi connectivity index (χ1v) is 14.7. The molecular formula is C32H44N6O2. The minimum absolute atomic E-state index is 0.323. The number of aromatic nitrogens is 4. The number of ether oxygens (including phenoxy) is 2. The van der Waals surface area contributed by atoms with Crippen molar-refractivity contribution in [2.24, 2.45) is 5.92 Å². The number of H-pyrrole nitrogens is 1. The number of hydrogen-bond donors (Lipinski definition) is 3. The smallest absolute Gasteiger partial charge is 0.122 e. The van der Waals surface area contributed by atoms with Crippen LogP contribution in [0.25, 0.3) is 22.0 Å². The molecule has 1 aromatic carbocycles. The lowest BCUT2D eigenvalue weighted by atomic mass is 9.87. The van der Waals surface area contributed by atoms with Gasteiger partial charge in [0.1, 0.15) is 5.76 Å². The van der Waals surface area contributed by atoms with Crippen LogP contribution < -0.4 is 10.6 Å². The van der Waals surface area contributed by atoms with Crippen molar-refractivity contribution >= 4 is 16.6 Å². The van der Waals surface area contributed by atoms with Crippen LogP contribution in [0.1, 0.15) is 52.9 Å². The molecule has 0 spiro atoms. The fourth-order valence-electron chi connectivity index (χ4n) is 4.74. The first-order valence-electron chi connectivity index (χ1n) is 14.7. The van der Waals surface area contributed by atoms with Gasteiger partial charge in [0, 0.05) is 42.3 Å². The number of rotatable bonds is 14. The van der Waals surface area contributed by atoms with E-state index < -0.39 is 0 Å². The van der Waals surface area contributed by atoms with Gasteiger partial charge in [-0.05, 0) is 79.6 Å². The summed E-state index contributed by atoms with van der Waals surface area (Å²) in [5.41, 5.74) is 6.57. The van der Waals surface area contributed by atoms with Crippen molar-refractivity contribution in [1.29, 1.82) is 0 Å². The predicted octanol–water partition coefficient (Wildman–Crippen LogP) is 6.43. The zero-order chi connectivity index (χ0) is 28.2. The van der Waals surface area contributed by atoms with Crippen LogP contribution in [-0.4, -0.2) is 59.3 Å². The lowest BCUT2D eigenvalue weighted by Gasteiger charge is -2.31. The van der Waals surface area contributed by atoms with E-state index in [0.717, 1.165) is 78.1 Å². The Kier molecular flexibility index (Phi) is 11.3. The van der Waals surface area contributed by atoms with Crippen molar-refractivity contribution in [3.63, 3.8) is 0 Å². The molecule has 3 aromatic rings. The minimum Gasteiger partial charge on any atom is -0.490 e. The van der Waals surface area contributed by atoms with Crippen molar-refractivity contribution in [3.05, 3.63) is 72.4 Å². The Morgan fingerprint density at radius 2 is 1.90 bits per heavy atom. The molecule has 8 nitrogen and oxygen atoms in total. The van der Waals surface area contributed by atoms with E-state index in [1.165, 1.54) is 24.8 Å². The highest BCUT2D eigenvalue weighted by molar-refractivity contribution is 5.95. The maximum atomic E-state index is 6.09. The summed E-state index contributed by atoms with van der Waals surface area (Å²) in [5.74, 6) is 1.30. The van der Waals surface area contributed by atoms with Crippen LogP contribution in [-0.2, 0) is 9.47 Å². The highest BCUT2D eigenvalue weighted by atomic mass is 16.5. The molecule has 2 aliphatic rings. The summed E-state index contributed by atoms with van der Waals surface area (Å²) in [7, 11) is 0. The van der Waals surface area contributed by atoms with Gasteiger partial charge >= 0.3 is 0 Å². The quantitative estimate of drug-likeness (QED) is 0.201. The molecule has 1 saturated carbocycles. The van der Waals surface area contributed by atoms with E-state index in [1.54, 1.807) is 12.4 Å². The Bertz CT molecular complexity index is 1280. The lowest BCUT2D eigenvalue weighted by Crippen LogP contribution is -2.26. The second-order valence-corrected chi connectivity index (χ2v) is 10.1. The average Bonchev–Trinajstić information content (AvgIpc) is 3.45. The molecule has 2 aromatic heterocycles. The van der Waals surface area contributed by atoms with E-state index >= 15 is 0 Å². The van der Waals surface area contributed by atoms with E-state index in [4.69, 9.17) is 9.47 Å². The number of aromatic amines is 1. The van der Waals surface area contributed by atoms with Crippen molar-refractivity contribution in [2.45, 2.75) is 59.0 Å². The van der Waals surface area contributed by atoms with Crippen LogP contribution in [0.5, 0.6) is 0 Å². The lowest BCUT2D eigenvalue weighted by molar-refractivity contribution is 0.0550. The summed E-state index contributed by atoms with van der Waals surface area (Å²) in [6.45, 7) is 14.5. The normalized spacial score (nSPS) is 17.0. The number of anilines is 1. The molecule has 0 bridgehead atoms. The molecule has 0 radical (unpaired) electrons. The van der Waals surface area contributed by atoms with Crippen LogP contribution in [0.3, 0.4) is 0 Å². The molecule has 3 N–H and O–H groups in total. The van der Waals surface area contributed by atoms with E-state index in [1.807, 2.05) is 26.1 Å². The topological polar surface area (TPSA) is 97.0 Å². The number of benzene rings is 1. The van der Waals surface area contributed by atoms with Crippen LogP contribution in [0.2, 0.25) is 0 Å². The van der Waals surface area contributed by atoms with Gasteiger partial charge < -0.3 is 20.1 Å². The van der Waals surface area contributed by atoms with Crippen LogP contribution in [0.4, 0.5) is 5.69 Å². The van der Waals surface area contributed by atoms with Gasteiger partial charge in [0.15, 0.2) is 0 Å². The second kappa shape index (κ2) is 15.3. The van der Waals surface area contributed by atoms with E-state index in [2.05, 4.69) is 68.8 Å². The molecule has 1 fully saturated rings. The molecule has 1 atom stereocenters. The standard InChI is InChI=1S/C30H38N6O2.C2H6/c1-21-22(2)30(38-26-6-5-7-26)9-8-23(21)18-31-11-3-4-14-37-15-13-32-28-16-25(24-10-12-33-34-19-24)17-29-27(28)20-35-36-29;1-2/h8-10,12,16-17,19-21,26,31-32H,2-7,11,13-15,18H2,1H3,(H,35,36);1-2H3. The van der Waals surface area contributed by atoms with Crippen molar-refractivity contribution < 1.29 is 9.47 Å². The number of unbranched alkanes of at least 4 members (excludes halogenated alkanes) is 1. The predicted molar refractivity (Wildman–Crippen MR) is 163 cm³/mol. The number of nitrogens with zero attached hydrogens (tertiary/aromatic N) is 3. The van der Waals surface area contributed by atoms with Crippen LogP contribution in [0.15, 0.2) is 72.4 Å². The third kappa shape index (κ3) is 7.79. The zero-order valence-electron chi connectivity index (χ0n) is 24.2. The first kappa shape index (κ1) is 29.5. The molecule has 1 unspecified atom stereocenters. The summed E-state index contributed by atoms with van der Waals surface area (Å²) in [6.07, 6.45) is 15.8. The van der Waals surface area contributed by atoms with Gasteiger partial charge in [0.25, 0.3) is 0 Å². The van der Waals surface area contributed by atoms with Gasteiger partial charge in [0.2, 0.25) is 0 Å². The SMILES string of the molecule is C=C1C(OC2CCC2)=CC=C(CNCCCCOCCNc2cc(-c3ccnnc3)cc3[nH]ncc23)C1C.CC. The van der Waals surface area contributed by atoms with Gasteiger partial charge in [0.05, 0.1) is 36.8 Å². The van der Waals surface area contributed by atoms with Crippen molar-refractivity contribution in [2.75, 3.05) is 38.2 Å². The highest BCUT2D eigenvalue weighted by Crippen LogP contribution is 2.34. The van der Waals surface area contributed by atoms with E-state index in [0.29, 0.717) is 18.6 Å². The van der Waals surface area contributed by atoms with E-state index in [9.17, 15) is 0 Å². The molecule has 40 heavy (non-hydrogen) atoms. The fourth-order valence-corrected chi connectivity index (χ4v) is 4.74. The molecule has 0 saturated heterocycles. The highest BCUT2D eigenvalue weighted by Gasteiger charge is 2.25. The van der Waals surface area contributed by atoms with Gasteiger partial charge in [-0.1, -0.05) is 33.4 Å². The van der Waals surface area contributed by atoms with Gasteiger partial charge in [-0.25, -0.2) is 0 Å². The first-order chi connectivity index (χ1) is 19.7. The summed E-state index contributed by atoms with van der Waals surface area (Å²) < 4.78 is 12.0. The minimum atomic E-state index is 0.323. The Morgan fingerprint density at radius 1 is 1.02 bits per heavy atom. The summed E-state index contributed by atoms with van der Waals surface area (Å²) in [6, 6.07) is 6.15. The monoisotopic (exact) mass is 544 g/mol. The van der Waals surface area contributed by atoms with Crippen LogP contribution >= 0.6 is 0 Å². The Morgan fingerprint density at radius 3 is 2.67 bits per heavy atom. The third-order valence-electron chi connectivity index (χ3n) is 7.45. The Labute approximate surface area is 238 Å². The Hall–Kier alpha value is -3.49. The Balaban J connectivity index is 0.00000181. The second-order valence-electron chi connectivity index (χ2n) is 10.1. The molecule has 214 valence electrons. The molecule has 0 aliphatic heterocycles. The average molecular weight is 545 g/mol. The van der Waals surface area contributed by atoms with Crippen LogP contribution in [0, 0.1) is 5.92 Å². The molecule has 2 aliphatic carbocycles. The largest absolute Gasteiger partial charge is 0.490 e. The summed E-state index contributed by atoms with van der Waals surface area (Å²) >= 11 is 0. The number of allylic oxidation sites excluding steroid dienone is 3. The third-order valence-corrected chi connectivity index (χ3v) is 7.45. The number of fused-ring (bicyclic) bond motifs is 1. The maximum absolute atomic E-state index is 6.09. The van der Waals surface area contributed by atoms with E-state index in [-0.39, 0.29) is 0 Å². The molecule has 0 amide bonds. The molecule has 5 rings (SSSR count). The molecule has 2 heterocycles. The zero-order valence-corrected chi connectivity index (χ0v) is 24.2. The summed E-state index contributed by atoms with van der Waals surface area (Å²) in [5, 5.41) is 23.3. The van der Waals surface area contributed by atoms with Crippen molar-refractivity contribution in [1.82, 2.24) is 25.7 Å². The maximum Gasteiger partial charge on any atom is 0.122 e. The molecular weight excluding hydrogens is 500 g/mol. The van der Waals surface area contributed by atoms with Gasteiger partial charge in [-0.15, -0.1) is 0 Å². The van der Waals surface area contributed by atoms with Gasteiger partial charge in [-0.2, -0.15) is 15.3 Å². The molecule has 8 heteroatoms. The van der Waals surface area contributed by atoms with Gasteiger partial charge in [-0.3, -0.25) is 5.10 Å². The van der Waals surface area contributed by atoms with Crippen molar-refractivity contribution in [3.8, 4) is 11.1 Å². The fraction of sp³-hybridized carbons (Fsp3) is 0.469. The number of nitrogens with one attached hydrogen (secondary N) is 3.